The van der Waals surface area contributed by atoms with Crippen LogP contribution in [-0.4, -0.2) is 16.1 Å². The second-order valence-corrected chi connectivity index (χ2v) is 6.86. The van der Waals surface area contributed by atoms with Gasteiger partial charge >= 0.3 is 0 Å². The van der Waals surface area contributed by atoms with Gasteiger partial charge in [-0.1, -0.05) is 6.42 Å². The maximum Gasteiger partial charge on any atom is 0.296 e. The summed E-state index contributed by atoms with van der Waals surface area (Å²) in [6, 6.07) is 4.73. The number of benzene rings is 1. The highest BCUT2D eigenvalue weighted by Crippen LogP contribution is 2.59. The fourth-order valence-corrected chi connectivity index (χ4v) is 5.23. The molecule has 5 heteroatoms. The van der Waals surface area contributed by atoms with Crippen molar-refractivity contribution >= 4 is 11.4 Å². The number of nitro benzene ring substituents is 1. The molecular weight excluding hydrogens is 268 g/mol. The highest BCUT2D eigenvalue weighted by Gasteiger charge is 2.53. The van der Waals surface area contributed by atoms with Crippen LogP contribution in [0.4, 0.5) is 11.4 Å². The Morgan fingerprint density at radius 1 is 1.19 bits per heavy atom. The molecule has 1 aromatic rings. The lowest BCUT2D eigenvalue weighted by molar-refractivity contribution is -0.384. The van der Waals surface area contributed by atoms with Crippen molar-refractivity contribution in [1.29, 1.82) is 0 Å². The van der Waals surface area contributed by atoms with Crippen molar-refractivity contribution in [2.75, 3.05) is 5.32 Å². The molecule has 3 fully saturated rings. The van der Waals surface area contributed by atoms with Gasteiger partial charge in [0.15, 0.2) is 0 Å². The van der Waals surface area contributed by atoms with Gasteiger partial charge in [0, 0.05) is 6.04 Å². The number of hydrogen-bond donors (Lipinski definition) is 2. The van der Waals surface area contributed by atoms with E-state index in [4.69, 9.17) is 0 Å². The number of phenolic OH excluding ortho intramolecular Hbond substituents is 1. The molecule has 0 amide bonds. The second-order valence-electron chi connectivity index (χ2n) is 6.86. The summed E-state index contributed by atoms with van der Waals surface area (Å²) >= 11 is 0. The molecule has 0 radical (unpaired) electrons. The summed E-state index contributed by atoms with van der Waals surface area (Å²) in [5.41, 5.74) is 0.519. The first-order chi connectivity index (χ1) is 10.1. The number of nitrogens with one attached hydrogen (secondary N) is 1. The molecule has 0 spiro atoms. The molecule has 5 nitrogen and oxygen atoms in total. The van der Waals surface area contributed by atoms with E-state index in [1.54, 1.807) is 6.07 Å². The van der Waals surface area contributed by atoms with E-state index in [1.807, 2.05) is 0 Å². The van der Waals surface area contributed by atoms with Crippen molar-refractivity contribution in [3.8, 4) is 5.75 Å². The molecule has 2 N–H and O–H groups in total. The molecule has 0 aliphatic heterocycles. The normalized spacial score (nSPS) is 36.7. The topological polar surface area (TPSA) is 75.4 Å². The molecule has 5 unspecified atom stereocenters. The average Bonchev–Trinajstić information content (AvgIpc) is 3.12. The standard InChI is InChI=1S/C16H20N2O3/c19-10-4-5-14(16(8-10)18(20)21)17-15-7-9-6-13(15)12-3-1-2-11(9)12/h4-5,8-9,11-13,15,17,19H,1-3,6-7H2. The third-order valence-corrected chi connectivity index (χ3v) is 5.95. The van der Waals surface area contributed by atoms with Crippen LogP contribution in [0.5, 0.6) is 5.75 Å². The molecule has 5 atom stereocenters. The van der Waals surface area contributed by atoms with E-state index in [9.17, 15) is 15.2 Å². The van der Waals surface area contributed by atoms with Gasteiger partial charge in [-0.15, -0.1) is 0 Å². The predicted molar refractivity (Wildman–Crippen MR) is 79.2 cm³/mol. The van der Waals surface area contributed by atoms with Gasteiger partial charge in [0.25, 0.3) is 5.69 Å². The van der Waals surface area contributed by atoms with Crippen LogP contribution < -0.4 is 5.32 Å². The van der Waals surface area contributed by atoms with E-state index in [2.05, 4.69) is 5.32 Å². The lowest BCUT2D eigenvalue weighted by Crippen LogP contribution is -2.34. The molecule has 4 rings (SSSR count). The van der Waals surface area contributed by atoms with Gasteiger partial charge in [0.05, 0.1) is 11.0 Å². The first kappa shape index (κ1) is 12.9. The molecule has 0 saturated heterocycles. The first-order valence-corrected chi connectivity index (χ1v) is 7.87. The van der Waals surface area contributed by atoms with Crippen molar-refractivity contribution in [3.63, 3.8) is 0 Å². The number of anilines is 1. The van der Waals surface area contributed by atoms with E-state index in [0.29, 0.717) is 17.6 Å². The van der Waals surface area contributed by atoms with Crippen molar-refractivity contribution in [1.82, 2.24) is 0 Å². The van der Waals surface area contributed by atoms with Gasteiger partial charge in [0.1, 0.15) is 11.4 Å². The monoisotopic (exact) mass is 288 g/mol. The van der Waals surface area contributed by atoms with E-state index in [-0.39, 0.29) is 11.4 Å². The van der Waals surface area contributed by atoms with Crippen molar-refractivity contribution < 1.29 is 10.0 Å². The zero-order chi connectivity index (χ0) is 14.6. The number of rotatable bonds is 3. The molecule has 3 saturated carbocycles. The smallest absolute Gasteiger partial charge is 0.296 e. The van der Waals surface area contributed by atoms with Gasteiger partial charge in [0.2, 0.25) is 0 Å². The Hall–Kier alpha value is -1.78. The summed E-state index contributed by atoms with van der Waals surface area (Å²) in [6.45, 7) is 0. The van der Waals surface area contributed by atoms with Gasteiger partial charge in [-0.25, -0.2) is 0 Å². The number of fused-ring (bicyclic) bond motifs is 5. The van der Waals surface area contributed by atoms with Crippen LogP contribution >= 0.6 is 0 Å². The molecule has 1 aromatic carbocycles. The van der Waals surface area contributed by atoms with Crippen LogP contribution in [0.2, 0.25) is 0 Å². The molecule has 0 heterocycles. The van der Waals surface area contributed by atoms with Gasteiger partial charge in [-0.3, -0.25) is 10.1 Å². The van der Waals surface area contributed by atoms with E-state index < -0.39 is 4.92 Å². The quantitative estimate of drug-likeness (QED) is 0.507. The average molecular weight is 288 g/mol. The molecule has 3 aliphatic rings. The molecule has 2 bridgehead atoms. The molecule has 112 valence electrons. The Morgan fingerprint density at radius 2 is 2.00 bits per heavy atom. The summed E-state index contributed by atoms with van der Waals surface area (Å²) in [5, 5.41) is 24.0. The Morgan fingerprint density at radius 3 is 2.81 bits per heavy atom. The third-order valence-electron chi connectivity index (χ3n) is 5.95. The molecule has 0 aromatic heterocycles. The lowest BCUT2D eigenvalue weighted by Gasteiger charge is -2.32. The highest BCUT2D eigenvalue weighted by molar-refractivity contribution is 5.64. The van der Waals surface area contributed by atoms with Gasteiger partial charge < -0.3 is 10.4 Å². The summed E-state index contributed by atoms with van der Waals surface area (Å²) in [6.07, 6.45) is 6.51. The van der Waals surface area contributed by atoms with Crippen LogP contribution in [0, 0.1) is 33.8 Å². The minimum atomic E-state index is -0.423. The number of aromatic hydroxyl groups is 1. The van der Waals surface area contributed by atoms with E-state index in [0.717, 1.165) is 24.2 Å². The van der Waals surface area contributed by atoms with Crippen molar-refractivity contribution in [3.05, 3.63) is 28.3 Å². The summed E-state index contributed by atoms with van der Waals surface area (Å²) in [4.78, 5) is 10.7. The molecule has 21 heavy (non-hydrogen) atoms. The van der Waals surface area contributed by atoms with Gasteiger partial charge in [-0.05, 0) is 61.5 Å². The van der Waals surface area contributed by atoms with Crippen LogP contribution in [0.3, 0.4) is 0 Å². The van der Waals surface area contributed by atoms with Crippen LogP contribution in [0.15, 0.2) is 18.2 Å². The fourth-order valence-electron chi connectivity index (χ4n) is 5.23. The maximum absolute atomic E-state index is 11.1. The fraction of sp³-hybridized carbons (Fsp3) is 0.625. The zero-order valence-corrected chi connectivity index (χ0v) is 11.9. The lowest BCUT2D eigenvalue weighted by atomic mass is 9.79. The minimum absolute atomic E-state index is 0.0271. The number of phenols is 1. The SMILES string of the molecule is O=[N+]([O-])c1cc(O)ccc1NC1CC2CC1C1CCCC21. The zero-order valence-electron chi connectivity index (χ0n) is 11.9. The first-order valence-electron chi connectivity index (χ1n) is 7.87. The highest BCUT2D eigenvalue weighted by atomic mass is 16.6. The van der Waals surface area contributed by atoms with Crippen molar-refractivity contribution in [2.24, 2.45) is 23.7 Å². The number of nitro groups is 1. The molecule has 3 aliphatic carbocycles. The summed E-state index contributed by atoms with van der Waals surface area (Å²) in [5.74, 6) is 3.18. The molecular formula is C16H20N2O3. The van der Waals surface area contributed by atoms with Crippen molar-refractivity contribution in [2.45, 2.75) is 38.1 Å². The number of nitrogens with zero attached hydrogens (tertiary/aromatic N) is 1. The Kier molecular flexibility index (Phi) is 2.84. The van der Waals surface area contributed by atoms with Gasteiger partial charge in [-0.2, -0.15) is 0 Å². The summed E-state index contributed by atoms with van der Waals surface area (Å²) < 4.78 is 0. The maximum atomic E-state index is 11.1. The third kappa shape index (κ3) is 1.98. The van der Waals surface area contributed by atoms with Crippen LogP contribution in [-0.2, 0) is 0 Å². The van der Waals surface area contributed by atoms with E-state index >= 15 is 0 Å². The number of hydrogen-bond acceptors (Lipinski definition) is 4. The second kappa shape index (κ2) is 4.61. The van der Waals surface area contributed by atoms with Crippen LogP contribution in [0.1, 0.15) is 32.1 Å². The van der Waals surface area contributed by atoms with Crippen LogP contribution in [0.25, 0.3) is 0 Å². The summed E-state index contributed by atoms with van der Waals surface area (Å²) in [7, 11) is 0. The van der Waals surface area contributed by atoms with E-state index in [1.165, 1.54) is 37.8 Å². The minimum Gasteiger partial charge on any atom is -0.508 e. The predicted octanol–water partition coefficient (Wildman–Crippen LogP) is 3.54. The Bertz CT molecular complexity index is 589. The Balaban J connectivity index is 1.56. The largest absolute Gasteiger partial charge is 0.508 e. The Labute approximate surface area is 123 Å².